The van der Waals surface area contributed by atoms with Gasteiger partial charge in [0.1, 0.15) is 5.60 Å². The molecular weight excluding hydrogens is 502 g/mol. The molecule has 194 valence electrons. The van der Waals surface area contributed by atoms with Gasteiger partial charge in [0.25, 0.3) is 0 Å². The van der Waals surface area contributed by atoms with Crippen LogP contribution in [-0.4, -0.2) is 74.6 Å². The Bertz CT molecular complexity index is 1010. The lowest BCUT2D eigenvalue weighted by molar-refractivity contribution is 0.0415. The van der Waals surface area contributed by atoms with Gasteiger partial charge in [-0.25, -0.2) is 13.2 Å². The van der Waals surface area contributed by atoms with Crippen molar-refractivity contribution in [2.75, 3.05) is 54.9 Å². The number of rotatable bonds is 14. The van der Waals surface area contributed by atoms with Crippen LogP contribution in [0.5, 0.6) is 0 Å². The molecule has 0 saturated heterocycles. The number of carbonyl (C=O) groups excluding carboxylic acids is 1. The first-order valence-electron chi connectivity index (χ1n) is 10.7. The van der Waals surface area contributed by atoms with Gasteiger partial charge in [0.2, 0.25) is 28.1 Å². The summed E-state index contributed by atoms with van der Waals surface area (Å²) in [6.07, 6.45) is -0.481. The Balaban J connectivity index is 1.62. The molecule has 0 unspecified atom stereocenters. The second kappa shape index (κ2) is 14.5. The third kappa shape index (κ3) is 12.9. The van der Waals surface area contributed by atoms with E-state index in [1.807, 2.05) is 0 Å². The van der Waals surface area contributed by atoms with E-state index >= 15 is 0 Å². The molecule has 0 radical (unpaired) electrons. The molecule has 0 atom stereocenters. The monoisotopic (exact) mass is 531 g/mol. The van der Waals surface area contributed by atoms with Crippen molar-refractivity contribution in [3.8, 4) is 0 Å². The van der Waals surface area contributed by atoms with Crippen molar-refractivity contribution < 1.29 is 27.4 Å². The predicted molar refractivity (Wildman–Crippen MR) is 133 cm³/mol. The maximum Gasteiger partial charge on any atom is 0.407 e. The molecule has 0 saturated carbocycles. The number of hydrogen-bond acceptors (Lipinski definition) is 11. The predicted octanol–water partition coefficient (Wildman–Crippen LogP) is 2.18. The van der Waals surface area contributed by atoms with E-state index in [1.165, 1.54) is 0 Å². The average molecular weight is 532 g/mol. The molecule has 0 aliphatic carbocycles. The molecule has 0 bridgehead atoms. The minimum absolute atomic E-state index is 0.000878. The van der Waals surface area contributed by atoms with E-state index in [2.05, 4.69) is 35.6 Å². The summed E-state index contributed by atoms with van der Waals surface area (Å²) < 4.78 is 39.7. The minimum Gasteiger partial charge on any atom is -0.444 e. The largest absolute Gasteiger partial charge is 0.444 e. The third-order valence-electron chi connectivity index (χ3n) is 3.79. The molecule has 0 fully saturated rings. The highest BCUT2D eigenvalue weighted by Crippen LogP contribution is 2.18. The number of ether oxygens (including phenoxy) is 3. The van der Waals surface area contributed by atoms with Crippen LogP contribution < -0.4 is 20.7 Å². The van der Waals surface area contributed by atoms with Crippen LogP contribution in [0.3, 0.4) is 0 Å². The molecule has 4 N–H and O–H groups in total. The van der Waals surface area contributed by atoms with Crippen LogP contribution >= 0.6 is 11.6 Å². The van der Waals surface area contributed by atoms with E-state index in [-0.39, 0.29) is 17.2 Å². The van der Waals surface area contributed by atoms with Crippen molar-refractivity contribution in [2.45, 2.75) is 26.4 Å². The van der Waals surface area contributed by atoms with Crippen LogP contribution in [0, 0.1) is 0 Å². The first-order valence-corrected chi connectivity index (χ1v) is 12.2. The summed E-state index contributed by atoms with van der Waals surface area (Å²) >= 11 is 5.97. The number of nitrogens with one attached hydrogen (secondary N) is 4. The van der Waals surface area contributed by atoms with Crippen LogP contribution in [0.4, 0.5) is 28.1 Å². The summed E-state index contributed by atoms with van der Waals surface area (Å²) in [5.41, 5.74) is 0.534. The molecule has 0 spiro atoms. The van der Waals surface area contributed by atoms with Crippen LogP contribution in [-0.2, 0) is 25.1 Å². The zero-order valence-electron chi connectivity index (χ0n) is 19.7. The van der Waals surface area contributed by atoms with Gasteiger partial charge in [-0.2, -0.15) is 15.0 Å². The Morgan fingerprint density at radius 1 is 0.914 bits per heavy atom. The van der Waals surface area contributed by atoms with Gasteiger partial charge >= 0.3 is 6.09 Å². The molecule has 1 aromatic carbocycles. The SMILES string of the molecule is CC(C)(C)OC(=O)NCCOCCOCCNc1nc(Cl)nc(Nc2ccc(N[SH](=O)=O)cc2)n1. The van der Waals surface area contributed by atoms with Crippen LogP contribution in [0.2, 0.25) is 5.28 Å². The summed E-state index contributed by atoms with van der Waals surface area (Å²) in [6, 6.07) is 6.51. The Morgan fingerprint density at radius 3 is 2.14 bits per heavy atom. The van der Waals surface area contributed by atoms with E-state index < -0.39 is 22.6 Å². The molecule has 13 nitrogen and oxygen atoms in total. The summed E-state index contributed by atoms with van der Waals surface area (Å²) in [5, 5.41) is 8.57. The number of anilines is 4. The Hall–Kier alpha value is -2.94. The normalized spacial score (nSPS) is 11.2. The zero-order valence-corrected chi connectivity index (χ0v) is 21.3. The van der Waals surface area contributed by atoms with Gasteiger partial charge < -0.3 is 30.2 Å². The molecular formula is C20H30ClN7O6S. The number of hydrogen-bond donors (Lipinski definition) is 5. The Labute approximate surface area is 210 Å². The summed E-state index contributed by atoms with van der Waals surface area (Å²) in [6.45, 7) is 7.63. The van der Waals surface area contributed by atoms with Gasteiger partial charge in [0.15, 0.2) is 0 Å². The van der Waals surface area contributed by atoms with Crippen molar-refractivity contribution >= 4 is 51.9 Å². The fourth-order valence-electron chi connectivity index (χ4n) is 2.44. The van der Waals surface area contributed by atoms with Crippen molar-refractivity contribution in [1.82, 2.24) is 20.3 Å². The molecule has 15 heteroatoms. The number of alkyl carbamates (subject to hydrolysis) is 1. The van der Waals surface area contributed by atoms with E-state index in [0.29, 0.717) is 50.9 Å². The maximum absolute atomic E-state index is 11.5. The van der Waals surface area contributed by atoms with Crippen molar-refractivity contribution in [3.05, 3.63) is 29.5 Å². The highest BCUT2D eigenvalue weighted by Gasteiger charge is 2.15. The second-order valence-electron chi connectivity index (χ2n) is 7.90. The number of amides is 1. The van der Waals surface area contributed by atoms with Gasteiger partial charge in [-0.3, -0.25) is 4.72 Å². The lowest BCUT2D eigenvalue weighted by Crippen LogP contribution is -2.34. The number of aromatic nitrogens is 3. The fraction of sp³-hybridized carbons (Fsp3) is 0.500. The smallest absolute Gasteiger partial charge is 0.407 e. The van der Waals surface area contributed by atoms with Gasteiger partial charge in [-0.1, -0.05) is 0 Å². The minimum atomic E-state index is -2.73. The molecule has 1 aromatic heterocycles. The molecule has 35 heavy (non-hydrogen) atoms. The van der Waals surface area contributed by atoms with E-state index in [0.717, 1.165) is 0 Å². The van der Waals surface area contributed by atoms with Crippen LogP contribution in [0.15, 0.2) is 24.3 Å². The van der Waals surface area contributed by atoms with Gasteiger partial charge in [0.05, 0.1) is 26.4 Å². The van der Waals surface area contributed by atoms with E-state index in [4.69, 9.17) is 25.8 Å². The van der Waals surface area contributed by atoms with Crippen molar-refractivity contribution in [2.24, 2.45) is 0 Å². The lowest BCUT2D eigenvalue weighted by atomic mass is 10.2. The van der Waals surface area contributed by atoms with Gasteiger partial charge in [0, 0.05) is 24.5 Å². The average Bonchev–Trinajstić information content (AvgIpc) is 2.74. The molecule has 1 heterocycles. The number of halogens is 1. The molecule has 1 amide bonds. The third-order valence-corrected chi connectivity index (χ3v) is 4.40. The standard InChI is InChI=1S/C20H30ClN7O6S/c1-20(2,3)34-19(29)23-9-11-33-13-12-32-10-8-22-17-25-16(21)26-18(27-17)24-14-4-6-15(7-5-14)28-35(30)31/h4-7,35H,8-13H2,1-3H3,(H,23,29)(H,28,30,31)(H2,22,24,25,26,27). The van der Waals surface area contributed by atoms with Crippen LogP contribution in [0.1, 0.15) is 20.8 Å². The summed E-state index contributed by atoms with van der Waals surface area (Å²) in [7, 11) is -2.73. The number of thiol groups is 1. The zero-order chi connectivity index (χ0) is 25.7. The molecule has 0 aliphatic heterocycles. The molecule has 0 aliphatic rings. The lowest BCUT2D eigenvalue weighted by Gasteiger charge is -2.19. The highest BCUT2D eigenvalue weighted by atomic mass is 35.5. The Morgan fingerprint density at radius 2 is 1.51 bits per heavy atom. The van der Waals surface area contributed by atoms with Crippen molar-refractivity contribution in [3.63, 3.8) is 0 Å². The first-order chi connectivity index (χ1) is 16.6. The number of carbonyl (C=O) groups is 1. The van der Waals surface area contributed by atoms with Crippen molar-refractivity contribution in [1.29, 1.82) is 0 Å². The summed E-state index contributed by atoms with van der Waals surface area (Å²) in [5.74, 6) is 0.486. The van der Waals surface area contributed by atoms with Crippen LogP contribution in [0.25, 0.3) is 0 Å². The number of nitrogens with zero attached hydrogens (tertiary/aromatic N) is 3. The molecule has 2 aromatic rings. The summed E-state index contributed by atoms with van der Waals surface area (Å²) in [4.78, 5) is 23.8. The number of benzene rings is 1. The van der Waals surface area contributed by atoms with Gasteiger partial charge in [-0.15, -0.1) is 0 Å². The van der Waals surface area contributed by atoms with E-state index in [1.54, 1.807) is 45.0 Å². The van der Waals surface area contributed by atoms with E-state index in [9.17, 15) is 13.2 Å². The first kappa shape index (κ1) is 28.3. The topological polar surface area (TPSA) is 166 Å². The highest BCUT2D eigenvalue weighted by molar-refractivity contribution is 7.73. The molecule has 2 rings (SSSR count). The maximum atomic E-state index is 11.5. The van der Waals surface area contributed by atoms with Gasteiger partial charge in [-0.05, 0) is 56.6 Å². The second-order valence-corrected chi connectivity index (χ2v) is 8.98. The quantitative estimate of drug-likeness (QED) is 0.179. The fourth-order valence-corrected chi connectivity index (χ4v) is 2.96. The Kier molecular flexibility index (Phi) is 11.7.